The number of nitrogens with two attached hydrogens (primary N) is 1. The van der Waals surface area contributed by atoms with Gasteiger partial charge in [0.15, 0.2) is 0 Å². The molecule has 1 aliphatic rings. The van der Waals surface area contributed by atoms with Gasteiger partial charge < -0.3 is 10.6 Å². The number of nitrogens with zero attached hydrogens (tertiary/aromatic N) is 1. The maximum Gasteiger partial charge on any atom is 0.235 e. The number of hydrogen-bond acceptors (Lipinski definition) is 2. The molecule has 1 aliphatic carbocycles. The standard InChI is InChI=1S/C12H22N2OS/c1-4-9(3)8-14(5-2)11(15)12(6-7-12)10(13)16/h9H,4-8H2,1-3H3,(H2,13,16). The molecule has 1 fully saturated rings. The minimum Gasteiger partial charge on any atom is -0.392 e. The molecule has 1 amide bonds. The number of carbonyl (C=O) groups is 1. The number of rotatable bonds is 6. The molecule has 0 aromatic heterocycles. The number of hydrogen-bond donors (Lipinski definition) is 1. The van der Waals surface area contributed by atoms with Gasteiger partial charge in [0.1, 0.15) is 0 Å². The number of thiocarbonyl (C=S) groups is 1. The monoisotopic (exact) mass is 242 g/mol. The highest BCUT2D eigenvalue weighted by molar-refractivity contribution is 7.80. The molecule has 0 aliphatic heterocycles. The Bertz CT molecular complexity index is 287. The molecule has 2 N–H and O–H groups in total. The van der Waals surface area contributed by atoms with Crippen LogP contribution in [-0.4, -0.2) is 28.9 Å². The topological polar surface area (TPSA) is 46.3 Å². The van der Waals surface area contributed by atoms with E-state index < -0.39 is 5.41 Å². The van der Waals surface area contributed by atoms with Crippen LogP contribution >= 0.6 is 12.2 Å². The third-order valence-electron chi connectivity index (χ3n) is 3.53. The first-order valence-electron chi connectivity index (χ1n) is 6.07. The van der Waals surface area contributed by atoms with E-state index in [0.29, 0.717) is 10.9 Å². The van der Waals surface area contributed by atoms with Crippen molar-refractivity contribution in [3.8, 4) is 0 Å². The Morgan fingerprint density at radius 3 is 2.38 bits per heavy atom. The summed E-state index contributed by atoms with van der Waals surface area (Å²) >= 11 is 5.01. The highest BCUT2D eigenvalue weighted by Gasteiger charge is 2.54. The fourth-order valence-corrected chi connectivity index (χ4v) is 2.15. The van der Waals surface area contributed by atoms with Crippen LogP contribution in [0.4, 0.5) is 0 Å². The van der Waals surface area contributed by atoms with E-state index in [0.717, 1.165) is 32.4 Å². The quantitative estimate of drug-likeness (QED) is 0.724. The molecule has 0 spiro atoms. The molecule has 0 aromatic carbocycles. The summed E-state index contributed by atoms with van der Waals surface area (Å²) in [5, 5.41) is 0. The summed E-state index contributed by atoms with van der Waals surface area (Å²) in [6.07, 6.45) is 2.75. The summed E-state index contributed by atoms with van der Waals surface area (Å²) in [6.45, 7) is 7.87. The minimum absolute atomic E-state index is 0.141. The van der Waals surface area contributed by atoms with Gasteiger partial charge in [-0.3, -0.25) is 4.79 Å². The van der Waals surface area contributed by atoms with Gasteiger partial charge >= 0.3 is 0 Å². The Kier molecular flexibility index (Phi) is 4.30. The molecular formula is C12H22N2OS. The summed E-state index contributed by atoms with van der Waals surface area (Å²) in [4.78, 5) is 14.6. The first kappa shape index (κ1) is 13.4. The Balaban J connectivity index is 2.67. The maximum atomic E-state index is 12.3. The van der Waals surface area contributed by atoms with Gasteiger partial charge in [-0.05, 0) is 25.7 Å². The van der Waals surface area contributed by atoms with Gasteiger partial charge in [-0.25, -0.2) is 0 Å². The van der Waals surface area contributed by atoms with E-state index in [-0.39, 0.29) is 5.91 Å². The molecule has 16 heavy (non-hydrogen) atoms. The molecule has 1 rings (SSSR count). The molecular weight excluding hydrogens is 220 g/mol. The van der Waals surface area contributed by atoms with Crippen molar-refractivity contribution in [2.45, 2.75) is 40.0 Å². The van der Waals surface area contributed by atoms with Crippen LogP contribution in [-0.2, 0) is 4.79 Å². The molecule has 0 radical (unpaired) electrons. The molecule has 92 valence electrons. The van der Waals surface area contributed by atoms with Gasteiger partial charge in [0.05, 0.1) is 10.4 Å². The molecule has 0 bridgehead atoms. The average Bonchev–Trinajstić information content (AvgIpc) is 3.05. The summed E-state index contributed by atoms with van der Waals surface area (Å²) in [6, 6.07) is 0. The van der Waals surface area contributed by atoms with E-state index in [4.69, 9.17) is 18.0 Å². The van der Waals surface area contributed by atoms with Crippen molar-refractivity contribution in [2.75, 3.05) is 13.1 Å². The zero-order valence-electron chi connectivity index (χ0n) is 10.5. The zero-order chi connectivity index (χ0) is 12.3. The largest absolute Gasteiger partial charge is 0.392 e. The molecule has 1 atom stereocenters. The third-order valence-corrected chi connectivity index (χ3v) is 3.92. The van der Waals surface area contributed by atoms with Crippen LogP contribution in [0.15, 0.2) is 0 Å². The van der Waals surface area contributed by atoms with Crippen LogP contribution in [0.1, 0.15) is 40.0 Å². The predicted molar refractivity (Wildman–Crippen MR) is 70.2 cm³/mol. The average molecular weight is 242 g/mol. The maximum absolute atomic E-state index is 12.3. The Labute approximate surface area is 103 Å². The highest BCUT2D eigenvalue weighted by atomic mass is 32.1. The molecule has 0 heterocycles. The van der Waals surface area contributed by atoms with Crippen LogP contribution in [0, 0.1) is 11.3 Å². The van der Waals surface area contributed by atoms with Crippen LogP contribution in [0.25, 0.3) is 0 Å². The second-order valence-electron chi connectivity index (χ2n) is 4.80. The minimum atomic E-state index is -0.487. The van der Waals surface area contributed by atoms with Crippen molar-refractivity contribution in [2.24, 2.45) is 17.1 Å². The van der Waals surface area contributed by atoms with E-state index >= 15 is 0 Å². The van der Waals surface area contributed by atoms with Gasteiger partial charge in [-0.1, -0.05) is 32.5 Å². The molecule has 0 aromatic rings. The SMILES string of the molecule is CCC(C)CN(CC)C(=O)C1(C(N)=S)CC1. The summed E-state index contributed by atoms with van der Waals surface area (Å²) in [5.74, 6) is 0.675. The van der Waals surface area contributed by atoms with Crippen molar-refractivity contribution < 1.29 is 4.79 Å². The predicted octanol–water partition coefficient (Wildman–Crippen LogP) is 1.95. The first-order chi connectivity index (χ1) is 7.47. The van der Waals surface area contributed by atoms with E-state index in [9.17, 15) is 4.79 Å². The van der Waals surface area contributed by atoms with Crippen molar-refractivity contribution >= 4 is 23.1 Å². The van der Waals surface area contributed by atoms with Gasteiger partial charge in [0.25, 0.3) is 0 Å². The normalized spacial score (nSPS) is 18.9. The second-order valence-corrected chi connectivity index (χ2v) is 5.24. The van der Waals surface area contributed by atoms with Crippen molar-refractivity contribution in [3.05, 3.63) is 0 Å². The lowest BCUT2D eigenvalue weighted by Gasteiger charge is -2.28. The molecule has 4 heteroatoms. The first-order valence-corrected chi connectivity index (χ1v) is 6.48. The van der Waals surface area contributed by atoms with Crippen LogP contribution in [0.2, 0.25) is 0 Å². The Morgan fingerprint density at radius 2 is 2.06 bits per heavy atom. The van der Waals surface area contributed by atoms with Gasteiger partial charge in [-0.2, -0.15) is 0 Å². The zero-order valence-corrected chi connectivity index (χ0v) is 11.3. The molecule has 1 unspecified atom stereocenters. The molecule has 3 nitrogen and oxygen atoms in total. The molecule has 0 saturated heterocycles. The van der Waals surface area contributed by atoms with Crippen LogP contribution < -0.4 is 5.73 Å². The van der Waals surface area contributed by atoms with Crippen molar-refractivity contribution in [1.82, 2.24) is 4.90 Å². The fourth-order valence-electron chi connectivity index (χ4n) is 1.85. The summed E-state index contributed by atoms with van der Waals surface area (Å²) in [5.41, 5.74) is 5.19. The lowest BCUT2D eigenvalue weighted by atomic mass is 10.0. The third kappa shape index (κ3) is 2.54. The highest BCUT2D eigenvalue weighted by Crippen LogP contribution is 2.47. The van der Waals surface area contributed by atoms with Gasteiger partial charge in [0.2, 0.25) is 5.91 Å². The van der Waals surface area contributed by atoms with Crippen LogP contribution in [0.5, 0.6) is 0 Å². The van der Waals surface area contributed by atoms with Gasteiger partial charge in [0, 0.05) is 13.1 Å². The fraction of sp³-hybridized carbons (Fsp3) is 0.833. The summed E-state index contributed by atoms with van der Waals surface area (Å²) < 4.78 is 0. The van der Waals surface area contributed by atoms with Gasteiger partial charge in [-0.15, -0.1) is 0 Å². The Hall–Kier alpha value is -0.640. The number of amides is 1. The van der Waals surface area contributed by atoms with Crippen LogP contribution in [0.3, 0.4) is 0 Å². The van der Waals surface area contributed by atoms with E-state index in [1.54, 1.807) is 0 Å². The lowest BCUT2D eigenvalue weighted by Crippen LogP contribution is -2.44. The lowest BCUT2D eigenvalue weighted by molar-refractivity contribution is -0.134. The Morgan fingerprint density at radius 1 is 1.50 bits per heavy atom. The number of carbonyl (C=O) groups excluding carboxylic acids is 1. The molecule has 1 saturated carbocycles. The van der Waals surface area contributed by atoms with E-state index in [1.165, 1.54) is 0 Å². The smallest absolute Gasteiger partial charge is 0.235 e. The van der Waals surface area contributed by atoms with E-state index in [2.05, 4.69) is 13.8 Å². The summed E-state index contributed by atoms with van der Waals surface area (Å²) in [7, 11) is 0. The van der Waals surface area contributed by atoms with Crippen molar-refractivity contribution in [3.63, 3.8) is 0 Å². The van der Waals surface area contributed by atoms with Crippen molar-refractivity contribution in [1.29, 1.82) is 0 Å². The van der Waals surface area contributed by atoms with E-state index in [1.807, 2.05) is 11.8 Å². The second kappa shape index (κ2) is 5.13.